The summed E-state index contributed by atoms with van der Waals surface area (Å²) in [6.45, 7) is 4.22. The molecule has 25 heavy (non-hydrogen) atoms. The minimum absolute atomic E-state index is 0.00364. The summed E-state index contributed by atoms with van der Waals surface area (Å²) < 4.78 is 11.9. The molecule has 1 aromatic rings. The van der Waals surface area contributed by atoms with Gasteiger partial charge < -0.3 is 14.6 Å². The first-order valence-electron chi connectivity index (χ1n) is 8.74. The molecule has 2 rings (SSSR count). The van der Waals surface area contributed by atoms with E-state index in [1.165, 1.54) is 0 Å². The van der Waals surface area contributed by atoms with Crippen molar-refractivity contribution in [1.82, 2.24) is 0 Å². The summed E-state index contributed by atoms with van der Waals surface area (Å²) in [6.07, 6.45) is 6.88. The molecule has 5 heteroatoms. The predicted octanol–water partition coefficient (Wildman–Crippen LogP) is 5.05. The van der Waals surface area contributed by atoms with Crippen molar-refractivity contribution in [3.63, 3.8) is 0 Å². The highest BCUT2D eigenvalue weighted by atomic mass is 32.2. The molecule has 2 atom stereocenters. The van der Waals surface area contributed by atoms with Gasteiger partial charge in [-0.1, -0.05) is 30.4 Å². The van der Waals surface area contributed by atoms with Gasteiger partial charge in [-0.25, -0.2) is 0 Å². The van der Waals surface area contributed by atoms with Gasteiger partial charge in [0, 0.05) is 23.7 Å². The number of carboxylic acid groups (broad SMARTS) is 1. The lowest BCUT2D eigenvalue weighted by Crippen LogP contribution is -2.34. The van der Waals surface area contributed by atoms with Crippen LogP contribution >= 0.6 is 11.8 Å². The van der Waals surface area contributed by atoms with Gasteiger partial charge in [-0.15, -0.1) is 11.8 Å². The first kappa shape index (κ1) is 19.9. The Hall–Kier alpha value is -1.46. The number of methoxy groups -OCH3 is 1. The lowest BCUT2D eigenvalue weighted by Gasteiger charge is -2.41. The van der Waals surface area contributed by atoms with Crippen molar-refractivity contribution < 1.29 is 19.4 Å². The van der Waals surface area contributed by atoms with Gasteiger partial charge in [0.05, 0.1) is 13.2 Å². The van der Waals surface area contributed by atoms with Crippen molar-refractivity contribution in [1.29, 1.82) is 0 Å². The molecule has 1 aromatic carbocycles. The smallest absolute Gasteiger partial charge is 0.303 e. The number of carboxylic acids is 1. The highest BCUT2D eigenvalue weighted by molar-refractivity contribution is 8.00. The third-order valence-corrected chi connectivity index (χ3v) is 5.68. The van der Waals surface area contributed by atoms with Gasteiger partial charge in [0.15, 0.2) is 0 Å². The molecular formula is C20H28O4S. The maximum Gasteiger partial charge on any atom is 0.303 e. The van der Waals surface area contributed by atoms with Crippen molar-refractivity contribution in [2.24, 2.45) is 5.92 Å². The summed E-state index contributed by atoms with van der Waals surface area (Å²) in [7, 11) is 1.69. The van der Waals surface area contributed by atoms with E-state index < -0.39 is 5.97 Å². The maximum absolute atomic E-state index is 10.5. The highest BCUT2D eigenvalue weighted by Crippen LogP contribution is 2.47. The summed E-state index contributed by atoms with van der Waals surface area (Å²) in [5, 5.41) is 8.68. The first-order valence-corrected chi connectivity index (χ1v) is 9.73. The van der Waals surface area contributed by atoms with Crippen LogP contribution in [0.1, 0.15) is 51.2 Å². The summed E-state index contributed by atoms with van der Waals surface area (Å²) in [4.78, 5) is 10.3. The predicted molar refractivity (Wildman–Crippen MR) is 102 cm³/mol. The van der Waals surface area contributed by atoms with Crippen LogP contribution in [0.4, 0.5) is 0 Å². The Balaban J connectivity index is 2.04. The largest absolute Gasteiger partial charge is 0.496 e. The number of carbonyl (C=O) groups is 1. The third-order valence-electron chi connectivity index (χ3n) is 4.30. The number of unbranched alkanes of at least 4 members (excludes halogenated alkanes) is 1. The van der Waals surface area contributed by atoms with E-state index in [9.17, 15) is 4.79 Å². The number of benzene rings is 1. The molecule has 1 saturated heterocycles. The molecule has 0 radical (unpaired) electrons. The molecule has 1 fully saturated rings. The number of rotatable bonds is 8. The number of aliphatic carboxylic acids is 1. The number of hydrogen-bond donors (Lipinski definition) is 1. The van der Waals surface area contributed by atoms with Crippen LogP contribution in [0.3, 0.4) is 0 Å². The topological polar surface area (TPSA) is 55.8 Å². The van der Waals surface area contributed by atoms with Crippen LogP contribution in [0.15, 0.2) is 36.4 Å². The molecule has 1 aliphatic heterocycles. The molecule has 0 bridgehead atoms. The molecule has 0 aliphatic carbocycles. The van der Waals surface area contributed by atoms with Crippen LogP contribution in [0.5, 0.6) is 5.75 Å². The molecule has 0 amide bonds. The van der Waals surface area contributed by atoms with E-state index in [4.69, 9.17) is 14.6 Å². The van der Waals surface area contributed by atoms with Crippen LogP contribution in [-0.4, -0.2) is 28.9 Å². The molecule has 0 unspecified atom stereocenters. The SMILES string of the molecule is COc1ccccc1[C@@H]1OC(C)(C)SC[C@@H]1CC=CCCCC(=O)O. The van der Waals surface area contributed by atoms with Crippen molar-refractivity contribution in [3.8, 4) is 5.75 Å². The quantitative estimate of drug-likeness (QED) is 0.516. The Bertz CT molecular complexity index is 597. The van der Waals surface area contributed by atoms with Crippen molar-refractivity contribution in [2.75, 3.05) is 12.9 Å². The van der Waals surface area contributed by atoms with Gasteiger partial charge in [-0.05, 0) is 39.2 Å². The summed E-state index contributed by atoms with van der Waals surface area (Å²) in [6, 6.07) is 8.06. The van der Waals surface area contributed by atoms with Crippen molar-refractivity contribution in [2.45, 2.75) is 50.6 Å². The van der Waals surface area contributed by atoms with Crippen LogP contribution in [0.25, 0.3) is 0 Å². The Labute approximate surface area is 154 Å². The fourth-order valence-electron chi connectivity index (χ4n) is 3.00. The van der Waals surface area contributed by atoms with E-state index >= 15 is 0 Å². The lowest BCUT2D eigenvalue weighted by molar-refractivity contribution is -0.137. The Morgan fingerprint density at radius 2 is 2.16 bits per heavy atom. The normalized spacial score (nSPS) is 22.8. The van der Waals surface area contributed by atoms with E-state index in [0.717, 1.165) is 29.9 Å². The maximum atomic E-state index is 10.5. The van der Waals surface area contributed by atoms with E-state index in [2.05, 4.69) is 32.1 Å². The Morgan fingerprint density at radius 1 is 1.40 bits per heavy atom. The van der Waals surface area contributed by atoms with Crippen LogP contribution in [0.2, 0.25) is 0 Å². The summed E-state index contributed by atoms with van der Waals surface area (Å²) in [5.41, 5.74) is 1.10. The fraction of sp³-hybridized carbons (Fsp3) is 0.550. The highest BCUT2D eigenvalue weighted by Gasteiger charge is 2.37. The Morgan fingerprint density at radius 3 is 2.88 bits per heavy atom. The van der Waals surface area contributed by atoms with E-state index in [-0.39, 0.29) is 17.5 Å². The average molecular weight is 365 g/mol. The van der Waals surface area contributed by atoms with E-state index in [1.54, 1.807) is 7.11 Å². The zero-order valence-electron chi connectivity index (χ0n) is 15.2. The Kier molecular flexibility index (Phi) is 7.38. The molecular weight excluding hydrogens is 336 g/mol. The third kappa shape index (κ3) is 6.08. The minimum Gasteiger partial charge on any atom is -0.496 e. The average Bonchev–Trinajstić information content (AvgIpc) is 2.58. The van der Waals surface area contributed by atoms with Gasteiger partial charge in [0.1, 0.15) is 10.7 Å². The number of para-hydroxylation sites is 1. The second-order valence-electron chi connectivity index (χ2n) is 6.74. The number of thioether (sulfide) groups is 1. The zero-order valence-corrected chi connectivity index (χ0v) is 16.1. The fourth-order valence-corrected chi connectivity index (χ4v) is 4.10. The minimum atomic E-state index is -0.732. The number of hydrogen-bond acceptors (Lipinski definition) is 4. The zero-order chi connectivity index (χ0) is 18.3. The van der Waals surface area contributed by atoms with Gasteiger partial charge >= 0.3 is 5.97 Å². The van der Waals surface area contributed by atoms with Gasteiger partial charge in [-0.2, -0.15) is 0 Å². The second kappa shape index (κ2) is 9.30. The number of ether oxygens (including phenoxy) is 2. The van der Waals surface area contributed by atoms with E-state index in [1.807, 2.05) is 30.0 Å². The number of allylic oxidation sites excluding steroid dienone is 2. The van der Waals surface area contributed by atoms with Gasteiger partial charge in [0.25, 0.3) is 0 Å². The lowest BCUT2D eigenvalue weighted by atomic mass is 9.92. The van der Waals surface area contributed by atoms with Crippen molar-refractivity contribution >= 4 is 17.7 Å². The first-order chi connectivity index (χ1) is 11.9. The van der Waals surface area contributed by atoms with Crippen LogP contribution < -0.4 is 4.74 Å². The standard InChI is InChI=1S/C20H28O4S/c1-20(2)24-19(16-11-8-9-12-17(16)23-3)15(14-25-20)10-6-4-5-7-13-18(21)22/h4,6,8-9,11-12,15,19H,5,7,10,13-14H2,1-3H3,(H,21,22)/t15-,19+/m0/s1. The van der Waals surface area contributed by atoms with Crippen molar-refractivity contribution in [3.05, 3.63) is 42.0 Å². The molecule has 1 aliphatic rings. The molecule has 4 nitrogen and oxygen atoms in total. The van der Waals surface area contributed by atoms with Gasteiger partial charge in [-0.3, -0.25) is 4.79 Å². The second-order valence-corrected chi connectivity index (χ2v) is 8.35. The van der Waals surface area contributed by atoms with E-state index in [0.29, 0.717) is 12.3 Å². The molecule has 0 aromatic heterocycles. The summed E-state index contributed by atoms with van der Waals surface area (Å²) >= 11 is 1.84. The van der Waals surface area contributed by atoms with Gasteiger partial charge in [0.2, 0.25) is 0 Å². The molecule has 1 N–H and O–H groups in total. The van der Waals surface area contributed by atoms with Crippen LogP contribution in [-0.2, 0) is 9.53 Å². The molecule has 138 valence electrons. The summed E-state index contributed by atoms with van der Waals surface area (Å²) in [5.74, 6) is 1.52. The molecule has 0 spiro atoms. The molecule has 1 heterocycles. The monoisotopic (exact) mass is 364 g/mol. The van der Waals surface area contributed by atoms with Crippen LogP contribution in [0, 0.1) is 5.92 Å². The molecule has 0 saturated carbocycles.